The van der Waals surface area contributed by atoms with Gasteiger partial charge in [0.25, 0.3) is 0 Å². The summed E-state index contributed by atoms with van der Waals surface area (Å²) in [4.78, 5) is 0. The summed E-state index contributed by atoms with van der Waals surface area (Å²) in [5, 5.41) is 7.90. The van der Waals surface area contributed by atoms with E-state index in [2.05, 4.69) is 55.9 Å². The molecule has 0 unspecified atom stereocenters. The summed E-state index contributed by atoms with van der Waals surface area (Å²) < 4.78 is 2.08. The van der Waals surface area contributed by atoms with Crippen molar-refractivity contribution in [2.45, 2.75) is 34.2 Å². The number of aryl methyl sites for hydroxylation is 3. The monoisotopic (exact) mass is 243 g/mol. The van der Waals surface area contributed by atoms with E-state index in [0.717, 1.165) is 12.2 Å². The van der Waals surface area contributed by atoms with Crippen molar-refractivity contribution in [2.75, 3.05) is 7.05 Å². The summed E-state index contributed by atoms with van der Waals surface area (Å²) in [6, 6.07) is 6.36. The van der Waals surface area contributed by atoms with Gasteiger partial charge >= 0.3 is 0 Å². The molecule has 1 aromatic carbocycles. The van der Waals surface area contributed by atoms with Gasteiger partial charge in [-0.3, -0.25) is 0 Å². The normalized spacial score (nSPS) is 10.9. The van der Waals surface area contributed by atoms with Crippen molar-refractivity contribution in [1.29, 1.82) is 0 Å². The molecule has 2 aromatic rings. The van der Waals surface area contributed by atoms with Crippen molar-refractivity contribution < 1.29 is 0 Å². The van der Waals surface area contributed by atoms with Gasteiger partial charge in [0.15, 0.2) is 0 Å². The highest BCUT2D eigenvalue weighted by molar-refractivity contribution is 5.48. The van der Waals surface area contributed by atoms with Crippen LogP contribution in [0.15, 0.2) is 18.2 Å². The van der Waals surface area contributed by atoms with Crippen molar-refractivity contribution in [3.05, 3.63) is 46.3 Å². The maximum atomic E-state index is 4.70. The van der Waals surface area contributed by atoms with Crippen LogP contribution in [0.4, 0.5) is 0 Å². The average molecular weight is 243 g/mol. The lowest BCUT2D eigenvalue weighted by molar-refractivity contribution is 0.798. The summed E-state index contributed by atoms with van der Waals surface area (Å²) in [6.45, 7) is 9.35. The third kappa shape index (κ3) is 2.06. The number of nitrogens with zero attached hydrogens (tertiary/aromatic N) is 2. The largest absolute Gasteiger partial charge is 0.316 e. The number of benzene rings is 1. The molecule has 0 radical (unpaired) electrons. The summed E-state index contributed by atoms with van der Waals surface area (Å²) in [6.07, 6.45) is 0. The van der Waals surface area contributed by atoms with Crippen molar-refractivity contribution in [2.24, 2.45) is 0 Å². The topological polar surface area (TPSA) is 29.9 Å². The quantitative estimate of drug-likeness (QED) is 0.898. The lowest BCUT2D eigenvalue weighted by atomic mass is 10.1. The molecule has 0 aliphatic heterocycles. The molecule has 0 atom stereocenters. The number of hydrogen-bond acceptors (Lipinski definition) is 2. The lowest BCUT2D eigenvalue weighted by Gasteiger charge is -2.12. The molecule has 18 heavy (non-hydrogen) atoms. The van der Waals surface area contributed by atoms with Gasteiger partial charge in [0.05, 0.1) is 11.4 Å². The first-order valence-corrected chi connectivity index (χ1v) is 6.32. The zero-order valence-electron chi connectivity index (χ0n) is 11.8. The maximum Gasteiger partial charge on any atom is 0.0707 e. The lowest BCUT2D eigenvalue weighted by Crippen LogP contribution is -2.08. The molecule has 3 nitrogen and oxygen atoms in total. The average Bonchev–Trinajstić information content (AvgIpc) is 2.58. The van der Waals surface area contributed by atoms with E-state index in [4.69, 9.17) is 5.10 Å². The molecule has 2 rings (SSSR count). The van der Waals surface area contributed by atoms with Gasteiger partial charge in [-0.1, -0.05) is 18.2 Å². The van der Waals surface area contributed by atoms with Crippen LogP contribution in [0.5, 0.6) is 0 Å². The number of para-hydroxylation sites is 1. The van der Waals surface area contributed by atoms with Gasteiger partial charge in [-0.25, -0.2) is 4.68 Å². The van der Waals surface area contributed by atoms with E-state index in [-0.39, 0.29) is 0 Å². The molecule has 1 heterocycles. The number of aromatic nitrogens is 2. The van der Waals surface area contributed by atoms with Crippen LogP contribution in [0.2, 0.25) is 0 Å². The standard InChI is InChI=1S/C15H21N3/c1-10-7-6-8-11(2)15(10)18-13(4)14(9-16-5)12(3)17-18/h6-8,16H,9H2,1-5H3. The number of rotatable bonds is 3. The first-order valence-electron chi connectivity index (χ1n) is 6.32. The fraction of sp³-hybridized carbons (Fsp3) is 0.400. The molecule has 0 amide bonds. The predicted molar refractivity (Wildman–Crippen MR) is 75.3 cm³/mol. The smallest absolute Gasteiger partial charge is 0.0707 e. The van der Waals surface area contributed by atoms with Crippen LogP contribution in [0.1, 0.15) is 28.1 Å². The predicted octanol–water partition coefficient (Wildman–Crippen LogP) is 2.83. The van der Waals surface area contributed by atoms with Crippen LogP contribution in [0.3, 0.4) is 0 Å². The van der Waals surface area contributed by atoms with Crippen molar-refractivity contribution in [1.82, 2.24) is 15.1 Å². The summed E-state index contributed by atoms with van der Waals surface area (Å²) in [7, 11) is 1.97. The van der Waals surface area contributed by atoms with E-state index >= 15 is 0 Å². The Labute approximate surface area is 109 Å². The highest BCUT2D eigenvalue weighted by Gasteiger charge is 2.14. The third-order valence-corrected chi connectivity index (χ3v) is 3.45. The van der Waals surface area contributed by atoms with E-state index in [9.17, 15) is 0 Å². The summed E-state index contributed by atoms with van der Waals surface area (Å²) in [5.74, 6) is 0. The molecule has 0 spiro atoms. The second kappa shape index (κ2) is 4.94. The van der Waals surface area contributed by atoms with E-state index in [1.165, 1.54) is 28.1 Å². The highest BCUT2D eigenvalue weighted by atomic mass is 15.3. The van der Waals surface area contributed by atoms with Gasteiger partial charge < -0.3 is 5.32 Å². The molecule has 0 bridgehead atoms. The Morgan fingerprint density at radius 2 is 1.72 bits per heavy atom. The minimum Gasteiger partial charge on any atom is -0.316 e. The van der Waals surface area contributed by atoms with Crippen LogP contribution in [-0.4, -0.2) is 16.8 Å². The molecule has 0 saturated heterocycles. The zero-order valence-corrected chi connectivity index (χ0v) is 11.8. The minimum atomic E-state index is 0.864. The molecule has 1 aromatic heterocycles. The molecule has 96 valence electrons. The molecule has 0 fully saturated rings. The Morgan fingerprint density at radius 3 is 2.28 bits per heavy atom. The van der Waals surface area contributed by atoms with Gasteiger partial charge in [-0.15, -0.1) is 0 Å². The molecule has 0 saturated carbocycles. The van der Waals surface area contributed by atoms with E-state index in [1.807, 2.05) is 7.05 Å². The number of hydrogen-bond donors (Lipinski definition) is 1. The molecule has 0 aliphatic rings. The van der Waals surface area contributed by atoms with Gasteiger partial charge in [0, 0.05) is 17.8 Å². The molecular weight excluding hydrogens is 222 g/mol. The Morgan fingerprint density at radius 1 is 1.11 bits per heavy atom. The van der Waals surface area contributed by atoms with Crippen molar-refractivity contribution in [3.8, 4) is 5.69 Å². The summed E-state index contributed by atoms with van der Waals surface area (Å²) in [5.41, 5.74) is 7.34. The third-order valence-electron chi connectivity index (χ3n) is 3.45. The van der Waals surface area contributed by atoms with E-state index < -0.39 is 0 Å². The number of nitrogens with one attached hydrogen (secondary N) is 1. The van der Waals surface area contributed by atoms with Crippen LogP contribution in [0.25, 0.3) is 5.69 Å². The summed E-state index contributed by atoms with van der Waals surface area (Å²) >= 11 is 0. The Balaban J connectivity index is 2.62. The minimum absolute atomic E-state index is 0.864. The Kier molecular flexibility index (Phi) is 3.53. The van der Waals surface area contributed by atoms with Crippen molar-refractivity contribution in [3.63, 3.8) is 0 Å². The second-order valence-corrected chi connectivity index (χ2v) is 4.83. The van der Waals surface area contributed by atoms with Crippen LogP contribution >= 0.6 is 0 Å². The Hall–Kier alpha value is -1.61. The highest BCUT2D eigenvalue weighted by Crippen LogP contribution is 2.23. The van der Waals surface area contributed by atoms with Gasteiger partial charge in [-0.2, -0.15) is 5.10 Å². The maximum absolute atomic E-state index is 4.70. The fourth-order valence-electron chi connectivity index (χ4n) is 2.47. The first-order chi connectivity index (χ1) is 8.56. The molecular formula is C15H21N3. The van der Waals surface area contributed by atoms with Crippen molar-refractivity contribution >= 4 is 0 Å². The van der Waals surface area contributed by atoms with Crippen LogP contribution < -0.4 is 5.32 Å². The SMILES string of the molecule is CNCc1c(C)nn(-c2c(C)cccc2C)c1C. The molecule has 1 N–H and O–H groups in total. The van der Waals surface area contributed by atoms with Gasteiger partial charge in [0.2, 0.25) is 0 Å². The van der Waals surface area contributed by atoms with E-state index in [1.54, 1.807) is 0 Å². The zero-order chi connectivity index (χ0) is 13.3. The van der Waals surface area contributed by atoms with Crippen LogP contribution in [0, 0.1) is 27.7 Å². The van der Waals surface area contributed by atoms with Crippen LogP contribution in [-0.2, 0) is 6.54 Å². The molecule has 3 heteroatoms. The van der Waals surface area contributed by atoms with Gasteiger partial charge in [0.1, 0.15) is 0 Å². The van der Waals surface area contributed by atoms with E-state index in [0.29, 0.717) is 0 Å². The Bertz CT molecular complexity index is 547. The second-order valence-electron chi connectivity index (χ2n) is 4.83. The molecule has 0 aliphatic carbocycles. The van der Waals surface area contributed by atoms with Gasteiger partial charge in [-0.05, 0) is 45.9 Å². The first kappa shape index (κ1) is 12.8. The fourth-order valence-corrected chi connectivity index (χ4v) is 2.47.